The zero-order chi connectivity index (χ0) is 12.9. The van der Waals surface area contributed by atoms with E-state index in [-0.39, 0.29) is 5.41 Å². The Kier molecular flexibility index (Phi) is 5.56. The van der Waals surface area contributed by atoms with Crippen LogP contribution in [0.25, 0.3) is 0 Å². The van der Waals surface area contributed by atoms with Gasteiger partial charge in [-0.25, -0.2) is 4.98 Å². The first-order valence-corrected chi connectivity index (χ1v) is 7.23. The first-order valence-electron chi connectivity index (χ1n) is 6.35. The molecular weight excluding hydrogens is 230 g/mol. The average Bonchev–Trinajstić information content (AvgIpc) is 2.72. The number of nitrogens with zero attached hydrogens (tertiary/aromatic N) is 2. The van der Waals surface area contributed by atoms with E-state index in [4.69, 9.17) is 5.73 Å². The standard InChI is InChI=1S/C13H25N3S/c1-5-13(6-2,9-14)10-16(4)7-12-8-17-11(3)15-12/h8H,5-7,9-10,14H2,1-4H3. The van der Waals surface area contributed by atoms with Gasteiger partial charge in [0, 0.05) is 18.5 Å². The number of rotatable bonds is 7. The summed E-state index contributed by atoms with van der Waals surface area (Å²) in [5, 5.41) is 3.29. The van der Waals surface area contributed by atoms with Crippen molar-refractivity contribution >= 4 is 11.3 Å². The highest BCUT2D eigenvalue weighted by Gasteiger charge is 2.26. The zero-order valence-electron chi connectivity index (χ0n) is 11.5. The van der Waals surface area contributed by atoms with E-state index in [1.165, 1.54) is 5.69 Å². The molecule has 0 radical (unpaired) electrons. The third-order valence-electron chi connectivity index (χ3n) is 3.64. The van der Waals surface area contributed by atoms with Gasteiger partial charge in [-0.3, -0.25) is 4.90 Å². The summed E-state index contributed by atoms with van der Waals surface area (Å²) >= 11 is 1.72. The van der Waals surface area contributed by atoms with Crippen molar-refractivity contribution in [1.82, 2.24) is 9.88 Å². The fourth-order valence-corrected chi connectivity index (χ4v) is 2.82. The van der Waals surface area contributed by atoms with Crippen LogP contribution in [-0.4, -0.2) is 30.0 Å². The SMILES string of the molecule is CCC(CC)(CN)CN(C)Cc1csc(C)n1. The molecule has 0 bridgehead atoms. The van der Waals surface area contributed by atoms with E-state index in [9.17, 15) is 0 Å². The second-order valence-electron chi connectivity index (χ2n) is 4.94. The van der Waals surface area contributed by atoms with Gasteiger partial charge in [-0.2, -0.15) is 0 Å². The minimum Gasteiger partial charge on any atom is -0.330 e. The molecule has 0 fully saturated rings. The van der Waals surface area contributed by atoms with Crippen LogP contribution < -0.4 is 5.73 Å². The molecule has 98 valence electrons. The Bertz CT molecular complexity index is 323. The summed E-state index contributed by atoms with van der Waals surface area (Å²) in [6.07, 6.45) is 2.28. The number of hydrogen-bond donors (Lipinski definition) is 1. The molecule has 1 rings (SSSR count). The van der Waals surface area contributed by atoms with E-state index in [0.29, 0.717) is 0 Å². The van der Waals surface area contributed by atoms with Crippen LogP contribution in [-0.2, 0) is 6.54 Å². The zero-order valence-corrected chi connectivity index (χ0v) is 12.3. The van der Waals surface area contributed by atoms with E-state index in [2.05, 4.69) is 43.1 Å². The predicted octanol–water partition coefficient (Wildman–Crippen LogP) is 2.65. The lowest BCUT2D eigenvalue weighted by molar-refractivity contribution is 0.161. The van der Waals surface area contributed by atoms with Crippen molar-refractivity contribution in [3.8, 4) is 0 Å². The Morgan fingerprint density at radius 2 is 2.06 bits per heavy atom. The topological polar surface area (TPSA) is 42.1 Å². The maximum atomic E-state index is 5.93. The summed E-state index contributed by atoms with van der Waals surface area (Å²) < 4.78 is 0. The van der Waals surface area contributed by atoms with Crippen molar-refractivity contribution in [2.75, 3.05) is 20.1 Å². The molecule has 0 aromatic carbocycles. The number of thiazole rings is 1. The van der Waals surface area contributed by atoms with Gasteiger partial charge in [0.05, 0.1) is 10.7 Å². The van der Waals surface area contributed by atoms with Gasteiger partial charge in [0.15, 0.2) is 0 Å². The van der Waals surface area contributed by atoms with Crippen molar-refractivity contribution in [1.29, 1.82) is 0 Å². The quantitative estimate of drug-likeness (QED) is 0.814. The van der Waals surface area contributed by atoms with Crippen LogP contribution in [0.1, 0.15) is 37.4 Å². The van der Waals surface area contributed by atoms with E-state index in [0.717, 1.165) is 37.5 Å². The van der Waals surface area contributed by atoms with Gasteiger partial charge >= 0.3 is 0 Å². The highest BCUT2D eigenvalue weighted by molar-refractivity contribution is 7.09. The Hall–Kier alpha value is -0.450. The van der Waals surface area contributed by atoms with E-state index >= 15 is 0 Å². The Balaban J connectivity index is 2.56. The van der Waals surface area contributed by atoms with Crippen molar-refractivity contribution in [2.45, 2.75) is 40.2 Å². The van der Waals surface area contributed by atoms with Crippen molar-refractivity contribution < 1.29 is 0 Å². The molecule has 0 amide bonds. The first kappa shape index (κ1) is 14.6. The average molecular weight is 255 g/mol. The number of nitrogens with two attached hydrogens (primary N) is 1. The summed E-state index contributed by atoms with van der Waals surface area (Å²) in [5.74, 6) is 0. The Morgan fingerprint density at radius 1 is 1.41 bits per heavy atom. The first-order chi connectivity index (χ1) is 8.05. The molecule has 0 unspecified atom stereocenters. The van der Waals surface area contributed by atoms with Crippen LogP contribution in [0.3, 0.4) is 0 Å². The third kappa shape index (κ3) is 4.05. The van der Waals surface area contributed by atoms with Crippen LogP contribution in [0.5, 0.6) is 0 Å². The van der Waals surface area contributed by atoms with Crippen molar-refractivity contribution in [3.63, 3.8) is 0 Å². The molecule has 1 heterocycles. The van der Waals surface area contributed by atoms with Crippen molar-refractivity contribution in [2.24, 2.45) is 11.1 Å². The minimum atomic E-state index is 0.264. The normalized spacial score (nSPS) is 12.4. The molecule has 2 N–H and O–H groups in total. The molecule has 3 nitrogen and oxygen atoms in total. The van der Waals surface area contributed by atoms with Gasteiger partial charge < -0.3 is 5.73 Å². The fraction of sp³-hybridized carbons (Fsp3) is 0.769. The number of hydrogen-bond acceptors (Lipinski definition) is 4. The molecular formula is C13H25N3S. The van der Waals surface area contributed by atoms with Crippen LogP contribution >= 0.6 is 11.3 Å². The van der Waals surface area contributed by atoms with Gasteiger partial charge in [0.2, 0.25) is 0 Å². The summed E-state index contributed by atoms with van der Waals surface area (Å²) in [7, 11) is 2.16. The molecule has 1 aromatic heterocycles. The molecule has 17 heavy (non-hydrogen) atoms. The number of aryl methyl sites for hydroxylation is 1. The van der Waals surface area contributed by atoms with Crippen LogP contribution in [0.15, 0.2) is 5.38 Å². The van der Waals surface area contributed by atoms with E-state index in [1.807, 2.05) is 0 Å². The second-order valence-corrected chi connectivity index (χ2v) is 6.00. The largest absolute Gasteiger partial charge is 0.330 e. The lowest BCUT2D eigenvalue weighted by Crippen LogP contribution is -2.40. The van der Waals surface area contributed by atoms with Crippen LogP contribution in [0, 0.1) is 12.3 Å². The lowest BCUT2D eigenvalue weighted by atomic mass is 9.82. The molecule has 0 atom stereocenters. The summed E-state index contributed by atoms with van der Waals surface area (Å²) in [4.78, 5) is 6.85. The van der Waals surface area contributed by atoms with Gasteiger partial charge in [-0.15, -0.1) is 11.3 Å². The summed E-state index contributed by atoms with van der Waals surface area (Å²) in [5.41, 5.74) is 7.37. The lowest BCUT2D eigenvalue weighted by Gasteiger charge is -2.34. The molecule has 0 aliphatic rings. The van der Waals surface area contributed by atoms with E-state index < -0.39 is 0 Å². The van der Waals surface area contributed by atoms with E-state index in [1.54, 1.807) is 11.3 Å². The van der Waals surface area contributed by atoms with Gasteiger partial charge in [-0.05, 0) is 38.8 Å². The molecule has 0 saturated heterocycles. The predicted molar refractivity (Wildman–Crippen MR) is 75.3 cm³/mol. The van der Waals surface area contributed by atoms with Crippen LogP contribution in [0.4, 0.5) is 0 Å². The second kappa shape index (κ2) is 6.47. The minimum absolute atomic E-state index is 0.264. The summed E-state index contributed by atoms with van der Waals surface area (Å²) in [6.45, 7) is 9.25. The van der Waals surface area contributed by atoms with Gasteiger partial charge in [0.25, 0.3) is 0 Å². The van der Waals surface area contributed by atoms with Gasteiger partial charge in [0.1, 0.15) is 0 Å². The highest BCUT2D eigenvalue weighted by atomic mass is 32.1. The third-order valence-corrected chi connectivity index (χ3v) is 4.46. The molecule has 0 aliphatic heterocycles. The molecule has 0 saturated carbocycles. The molecule has 0 aliphatic carbocycles. The maximum Gasteiger partial charge on any atom is 0.0897 e. The number of aromatic nitrogens is 1. The van der Waals surface area contributed by atoms with Gasteiger partial charge in [-0.1, -0.05) is 13.8 Å². The molecule has 1 aromatic rings. The smallest absolute Gasteiger partial charge is 0.0897 e. The van der Waals surface area contributed by atoms with Crippen LogP contribution in [0.2, 0.25) is 0 Å². The maximum absolute atomic E-state index is 5.93. The molecule has 4 heteroatoms. The summed E-state index contributed by atoms with van der Waals surface area (Å²) in [6, 6.07) is 0. The fourth-order valence-electron chi connectivity index (χ4n) is 2.21. The highest BCUT2D eigenvalue weighted by Crippen LogP contribution is 2.26. The monoisotopic (exact) mass is 255 g/mol. The van der Waals surface area contributed by atoms with Crippen molar-refractivity contribution in [3.05, 3.63) is 16.1 Å². The molecule has 0 spiro atoms. The Morgan fingerprint density at radius 3 is 2.47 bits per heavy atom. The Labute approximate surface area is 109 Å².